The molecule has 29 heavy (non-hydrogen) atoms. The number of piperidine rings is 1. The van der Waals surface area contributed by atoms with Gasteiger partial charge in [0.15, 0.2) is 0 Å². The zero-order valence-corrected chi connectivity index (χ0v) is 18.0. The molecular formula is C25H31ClN2O. The molecule has 1 atom stereocenters. The summed E-state index contributed by atoms with van der Waals surface area (Å²) in [6, 6.07) is 15.3. The van der Waals surface area contributed by atoms with Gasteiger partial charge < -0.3 is 5.32 Å². The first kappa shape index (κ1) is 20.4. The molecule has 2 aromatic carbocycles. The summed E-state index contributed by atoms with van der Waals surface area (Å²) in [6.07, 6.45) is 6.78. The molecule has 154 valence electrons. The van der Waals surface area contributed by atoms with Crippen LogP contribution in [0.4, 0.5) is 0 Å². The van der Waals surface area contributed by atoms with Gasteiger partial charge in [-0.05, 0) is 73.5 Å². The highest BCUT2D eigenvalue weighted by atomic mass is 35.5. The Hall–Kier alpha value is -1.84. The minimum atomic E-state index is 0.253. The van der Waals surface area contributed by atoms with Crippen molar-refractivity contribution >= 4 is 17.5 Å². The lowest BCUT2D eigenvalue weighted by molar-refractivity contribution is -0.125. The van der Waals surface area contributed by atoms with E-state index in [1.807, 2.05) is 13.0 Å². The highest BCUT2D eigenvalue weighted by molar-refractivity contribution is 6.31. The van der Waals surface area contributed by atoms with Gasteiger partial charge in [-0.1, -0.05) is 54.8 Å². The van der Waals surface area contributed by atoms with E-state index in [-0.39, 0.29) is 17.9 Å². The van der Waals surface area contributed by atoms with Crippen LogP contribution in [0.5, 0.6) is 0 Å². The quantitative estimate of drug-likeness (QED) is 0.697. The Morgan fingerprint density at radius 1 is 1.07 bits per heavy atom. The van der Waals surface area contributed by atoms with Gasteiger partial charge in [0.1, 0.15) is 0 Å². The molecule has 0 radical (unpaired) electrons. The van der Waals surface area contributed by atoms with E-state index in [0.717, 1.165) is 61.5 Å². The average Bonchev–Trinajstić information content (AvgIpc) is 3.26. The maximum atomic E-state index is 12.5. The molecule has 3 nitrogen and oxygen atoms in total. The summed E-state index contributed by atoms with van der Waals surface area (Å²) in [5, 5.41) is 4.14. The van der Waals surface area contributed by atoms with E-state index in [4.69, 9.17) is 11.6 Å². The second-order valence-electron chi connectivity index (χ2n) is 8.73. The van der Waals surface area contributed by atoms with E-state index < -0.39 is 0 Å². The van der Waals surface area contributed by atoms with Crippen molar-refractivity contribution in [1.82, 2.24) is 10.2 Å². The van der Waals surface area contributed by atoms with Crippen molar-refractivity contribution in [2.45, 2.75) is 58.0 Å². The number of likely N-dealkylation sites (tertiary alicyclic amines) is 1. The molecule has 1 N–H and O–H groups in total. The van der Waals surface area contributed by atoms with Crippen LogP contribution in [0.1, 0.15) is 49.7 Å². The molecule has 1 amide bonds. The molecule has 1 aliphatic heterocycles. The monoisotopic (exact) mass is 410 g/mol. The first-order chi connectivity index (χ1) is 14.1. The van der Waals surface area contributed by atoms with Gasteiger partial charge in [0.05, 0.1) is 0 Å². The van der Waals surface area contributed by atoms with Crippen LogP contribution in [0.15, 0.2) is 42.5 Å². The maximum absolute atomic E-state index is 12.5. The number of hydrogen-bond acceptors (Lipinski definition) is 2. The number of halogens is 1. The van der Waals surface area contributed by atoms with Crippen LogP contribution in [0.2, 0.25) is 5.02 Å². The summed E-state index contributed by atoms with van der Waals surface area (Å²) in [4.78, 5) is 15.0. The smallest absolute Gasteiger partial charge is 0.223 e. The highest BCUT2D eigenvalue weighted by Gasteiger charge is 2.27. The number of amides is 1. The Labute approximate surface area is 179 Å². The molecule has 2 aromatic rings. The summed E-state index contributed by atoms with van der Waals surface area (Å²) in [6.45, 7) is 4.99. The lowest BCUT2D eigenvalue weighted by atomic mass is 10.00. The van der Waals surface area contributed by atoms with Crippen LogP contribution in [0.25, 0.3) is 11.1 Å². The van der Waals surface area contributed by atoms with E-state index in [2.05, 4.69) is 46.6 Å². The van der Waals surface area contributed by atoms with Crippen molar-refractivity contribution in [2.24, 2.45) is 5.92 Å². The third-order valence-electron chi connectivity index (χ3n) is 6.42. The number of nitrogens with one attached hydrogen (secondary N) is 1. The Morgan fingerprint density at radius 2 is 1.86 bits per heavy atom. The molecule has 1 saturated heterocycles. The van der Waals surface area contributed by atoms with Crippen LogP contribution in [-0.2, 0) is 11.3 Å². The van der Waals surface area contributed by atoms with Gasteiger partial charge in [0.2, 0.25) is 5.91 Å². The Morgan fingerprint density at radius 3 is 2.66 bits per heavy atom. The van der Waals surface area contributed by atoms with Gasteiger partial charge >= 0.3 is 0 Å². The number of nitrogens with zero attached hydrogens (tertiary/aromatic N) is 1. The molecule has 0 spiro atoms. The zero-order chi connectivity index (χ0) is 20.2. The van der Waals surface area contributed by atoms with E-state index in [0.29, 0.717) is 0 Å². The average molecular weight is 411 g/mol. The third-order valence-corrected chi connectivity index (χ3v) is 6.82. The molecule has 1 aliphatic carbocycles. The van der Waals surface area contributed by atoms with Gasteiger partial charge in [-0.3, -0.25) is 9.69 Å². The normalized spacial score (nSPS) is 20.7. The molecule has 1 saturated carbocycles. The fourth-order valence-electron chi connectivity index (χ4n) is 4.70. The second-order valence-corrected chi connectivity index (χ2v) is 9.14. The molecule has 2 aliphatic rings. The molecule has 0 bridgehead atoms. The summed E-state index contributed by atoms with van der Waals surface area (Å²) >= 11 is 6.32. The van der Waals surface area contributed by atoms with E-state index >= 15 is 0 Å². The van der Waals surface area contributed by atoms with Gasteiger partial charge in [-0.25, -0.2) is 0 Å². The summed E-state index contributed by atoms with van der Waals surface area (Å²) in [5.74, 6) is 0.538. The lowest BCUT2D eigenvalue weighted by Crippen LogP contribution is -2.48. The van der Waals surface area contributed by atoms with Crippen molar-refractivity contribution in [2.75, 3.05) is 13.1 Å². The van der Waals surface area contributed by atoms with Gasteiger partial charge in [0.25, 0.3) is 0 Å². The fourth-order valence-corrected chi connectivity index (χ4v) is 4.88. The Bertz CT molecular complexity index is 860. The highest BCUT2D eigenvalue weighted by Crippen LogP contribution is 2.27. The van der Waals surface area contributed by atoms with E-state index in [1.54, 1.807) is 0 Å². The second kappa shape index (κ2) is 9.32. The van der Waals surface area contributed by atoms with Crippen LogP contribution in [-0.4, -0.2) is 29.9 Å². The van der Waals surface area contributed by atoms with Crippen molar-refractivity contribution in [3.63, 3.8) is 0 Å². The number of hydrogen-bond donors (Lipinski definition) is 1. The van der Waals surface area contributed by atoms with Crippen LogP contribution >= 0.6 is 11.6 Å². The summed E-state index contributed by atoms with van der Waals surface area (Å²) in [5.41, 5.74) is 4.77. The lowest BCUT2D eigenvalue weighted by Gasteiger charge is -2.33. The van der Waals surface area contributed by atoms with E-state index in [1.165, 1.54) is 24.0 Å². The standard InChI is InChI=1S/C25H31ClN2O/c1-18-11-12-22(15-24(18)26)21-9-4-6-19(14-21)16-28-13-5-10-23(17-28)27-25(29)20-7-2-3-8-20/h4,6,9,11-12,14-15,20,23H,2-3,5,7-8,10,13,16-17H2,1H3,(H,27,29). The molecule has 1 heterocycles. The zero-order valence-electron chi connectivity index (χ0n) is 17.3. The number of rotatable bonds is 5. The topological polar surface area (TPSA) is 32.3 Å². The van der Waals surface area contributed by atoms with E-state index in [9.17, 15) is 4.79 Å². The number of aryl methyl sites for hydroxylation is 1. The fraction of sp³-hybridized carbons (Fsp3) is 0.480. The van der Waals surface area contributed by atoms with Crippen molar-refractivity contribution in [3.8, 4) is 11.1 Å². The third kappa shape index (κ3) is 5.21. The maximum Gasteiger partial charge on any atom is 0.223 e. The molecular weight excluding hydrogens is 380 g/mol. The van der Waals surface area contributed by atoms with Crippen LogP contribution in [0.3, 0.4) is 0 Å². The van der Waals surface area contributed by atoms with Gasteiger partial charge in [0, 0.05) is 30.1 Å². The minimum absolute atomic E-state index is 0.253. The van der Waals surface area contributed by atoms with Crippen molar-refractivity contribution in [3.05, 3.63) is 58.6 Å². The van der Waals surface area contributed by atoms with Crippen LogP contribution in [0, 0.1) is 12.8 Å². The minimum Gasteiger partial charge on any atom is -0.352 e. The number of carbonyl (C=O) groups excluding carboxylic acids is 1. The van der Waals surface area contributed by atoms with Crippen LogP contribution < -0.4 is 5.32 Å². The van der Waals surface area contributed by atoms with Gasteiger partial charge in [-0.15, -0.1) is 0 Å². The van der Waals surface area contributed by atoms with Crippen molar-refractivity contribution in [1.29, 1.82) is 0 Å². The van der Waals surface area contributed by atoms with Gasteiger partial charge in [-0.2, -0.15) is 0 Å². The number of carbonyl (C=O) groups is 1. The molecule has 4 rings (SSSR count). The molecule has 4 heteroatoms. The molecule has 0 aromatic heterocycles. The SMILES string of the molecule is Cc1ccc(-c2cccc(CN3CCCC(NC(=O)C4CCCC4)C3)c2)cc1Cl. The summed E-state index contributed by atoms with van der Waals surface area (Å²) < 4.78 is 0. The first-order valence-corrected chi connectivity index (χ1v) is 11.3. The Balaban J connectivity index is 1.38. The largest absolute Gasteiger partial charge is 0.352 e. The predicted octanol–water partition coefficient (Wildman–Crippen LogP) is 5.59. The summed E-state index contributed by atoms with van der Waals surface area (Å²) in [7, 11) is 0. The first-order valence-electron chi connectivity index (χ1n) is 11.0. The van der Waals surface area contributed by atoms with Crippen molar-refractivity contribution < 1.29 is 4.79 Å². The molecule has 2 fully saturated rings. The Kier molecular flexibility index (Phi) is 6.56. The molecule has 1 unspecified atom stereocenters. The predicted molar refractivity (Wildman–Crippen MR) is 120 cm³/mol. The number of benzene rings is 2.